The Bertz CT molecular complexity index is 542. The van der Waals surface area contributed by atoms with E-state index in [4.69, 9.17) is 11.6 Å². The molecule has 1 N–H and O–H groups in total. The van der Waals surface area contributed by atoms with E-state index < -0.39 is 0 Å². The summed E-state index contributed by atoms with van der Waals surface area (Å²) in [5.41, 5.74) is 2.52. The van der Waals surface area contributed by atoms with Crippen molar-refractivity contribution in [3.63, 3.8) is 0 Å². The van der Waals surface area contributed by atoms with Crippen LogP contribution in [-0.4, -0.2) is 13.6 Å². The van der Waals surface area contributed by atoms with Crippen LogP contribution in [-0.2, 0) is 6.42 Å². The summed E-state index contributed by atoms with van der Waals surface area (Å²) in [4.78, 5) is 0. The van der Waals surface area contributed by atoms with Gasteiger partial charge in [0.2, 0.25) is 0 Å². The fraction of sp³-hybridized carbons (Fsp3) is 0.250. The second-order valence-corrected chi connectivity index (χ2v) is 5.93. The van der Waals surface area contributed by atoms with Crippen LogP contribution in [0.2, 0.25) is 5.02 Å². The first kappa shape index (κ1) is 14.6. The zero-order valence-corrected chi connectivity index (χ0v) is 13.2. The average Bonchev–Trinajstić information content (AvgIpc) is 2.40. The van der Waals surface area contributed by atoms with E-state index in [9.17, 15) is 0 Å². The van der Waals surface area contributed by atoms with Gasteiger partial charge in [-0.1, -0.05) is 57.9 Å². The summed E-state index contributed by atoms with van der Waals surface area (Å²) in [6.07, 6.45) is 0.941. The van der Waals surface area contributed by atoms with E-state index in [-0.39, 0.29) is 0 Å². The van der Waals surface area contributed by atoms with Gasteiger partial charge in [-0.3, -0.25) is 0 Å². The minimum atomic E-state index is 0.419. The van der Waals surface area contributed by atoms with E-state index in [1.807, 2.05) is 25.2 Å². The number of halogens is 2. The maximum Gasteiger partial charge on any atom is 0.0438 e. The zero-order valence-electron chi connectivity index (χ0n) is 10.9. The molecule has 100 valence electrons. The number of benzene rings is 2. The molecule has 2 rings (SSSR count). The first-order valence-electron chi connectivity index (χ1n) is 6.34. The van der Waals surface area contributed by atoms with Crippen LogP contribution in [0.3, 0.4) is 0 Å². The highest BCUT2D eigenvalue weighted by Crippen LogP contribution is 2.26. The summed E-state index contributed by atoms with van der Waals surface area (Å²) in [6.45, 7) is 0.932. The van der Waals surface area contributed by atoms with Gasteiger partial charge in [-0.25, -0.2) is 0 Å². The lowest BCUT2D eigenvalue weighted by Gasteiger charge is -2.18. The Labute approximate surface area is 128 Å². The van der Waals surface area contributed by atoms with E-state index in [0.717, 1.165) is 22.5 Å². The smallest absolute Gasteiger partial charge is 0.0438 e. The van der Waals surface area contributed by atoms with E-state index in [1.54, 1.807) is 0 Å². The molecule has 0 saturated heterocycles. The lowest BCUT2D eigenvalue weighted by Crippen LogP contribution is -2.19. The molecule has 2 aromatic carbocycles. The van der Waals surface area contributed by atoms with Gasteiger partial charge in [0.05, 0.1) is 0 Å². The van der Waals surface area contributed by atoms with Crippen molar-refractivity contribution in [2.75, 3.05) is 13.6 Å². The van der Waals surface area contributed by atoms with E-state index >= 15 is 0 Å². The van der Waals surface area contributed by atoms with Crippen molar-refractivity contribution in [3.8, 4) is 0 Å². The molecule has 0 saturated carbocycles. The molecular formula is C16H17BrClN. The normalized spacial score (nSPS) is 12.4. The molecule has 0 aliphatic heterocycles. The van der Waals surface area contributed by atoms with Crippen molar-refractivity contribution in [1.82, 2.24) is 5.32 Å². The summed E-state index contributed by atoms with van der Waals surface area (Å²) in [5.74, 6) is 0.419. The van der Waals surface area contributed by atoms with Gasteiger partial charge in [0, 0.05) is 22.0 Å². The molecule has 3 heteroatoms. The third-order valence-electron chi connectivity index (χ3n) is 3.19. The van der Waals surface area contributed by atoms with Crippen molar-refractivity contribution in [2.24, 2.45) is 0 Å². The lowest BCUT2D eigenvalue weighted by molar-refractivity contribution is 0.625. The molecule has 0 aliphatic rings. The van der Waals surface area contributed by atoms with Crippen molar-refractivity contribution >= 4 is 27.5 Å². The monoisotopic (exact) mass is 337 g/mol. The summed E-state index contributed by atoms with van der Waals surface area (Å²) >= 11 is 9.79. The summed E-state index contributed by atoms with van der Waals surface area (Å²) < 4.78 is 1.12. The van der Waals surface area contributed by atoms with Gasteiger partial charge in [-0.05, 0) is 42.8 Å². The van der Waals surface area contributed by atoms with Crippen molar-refractivity contribution < 1.29 is 0 Å². The highest BCUT2D eigenvalue weighted by molar-refractivity contribution is 9.10. The molecule has 0 amide bonds. The van der Waals surface area contributed by atoms with Crippen molar-refractivity contribution in [2.45, 2.75) is 12.3 Å². The average molecular weight is 339 g/mol. The number of likely N-dealkylation sites (N-methyl/N-ethyl adjacent to an activating group) is 1. The van der Waals surface area contributed by atoms with E-state index in [1.165, 1.54) is 11.1 Å². The first-order valence-corrected chi connectivity index (χ1v) is 7.51. The SMILES string of the molecule is CNCC(Cc1ccccc1Cl)c1cccc(Br)c1. The molecule has 0 aliphatic carbocycles. The third kappa shape index (κ3) is 4.07. The zero-order chi connectivity index (χ0) is 13.7. The van der Waals surface area contributed by atoms with Gasteiger partial charge in [0.1, 0.15) is 0 Å². The van der Waals surface area contributed by atoms with E-state index in [2.05, 4.69) is 51.6 Å². The lowest BCUT2D eigenvalue weighted by atomic mass is 9.92. The molecular weight excluding hydrogens is 322 g/mol. The van der Waals surface area contributed by atoms with Gasteiger partial charge >= 0.3 is 0 Å². The molecule has 0 heterocycles. The number of rotatable bonds is 5. The fourth-order valence-electron chi connectivity index (χ4n) is 2.24. The molecule has 0 spiro atoms. The van der Waals surface area contributed by atoms with Gasteiger partial charge in [-0.2, -0.15) is 0 Å². The molecule has 19 heavy (non-hydrogen) atoms. The summed E-state index contributed by atoms with van der Waals surface area (Å²) in [6, 6.07) is 16.5. The quantitative estimate of drug-likeness (QED) is 0.837. The number of hydrogen-bond donors (Lipinski definition) is 1. The molecule has 1 atom stereocenters. The molecule has 0 bridgehead atoms. The predicted molar refractivity (Wildman–Crippen MR) is 86.0 cm³/mol. The Balaban J connectivity index is 2.24. The Morgan fingerprint density at radius 2 is 1.95 bits per heavy atom. The van der Waals surface area contributed by atoms with Gasteiger partial charge in [-0.15, -0.1) is 0 Å². The van der Waals surface area contributed by atoms with E-state index in [0.29, 0.717) is 5.92 Å². The highest BCUT2D eigenvalue weighted by Gasteiger charge is 2.13. The van der Waals surface area contributed by atoms with Gasteiger partial charge in [0.15, 0.2) is 0 Å². The van der Waals surface area contributed by atoms with Crippen LogP contribution in [0.15, 0.2) is 53.0 Å². The van der Waals surface area contributed by atoms with Crippen molar-refractivity contribution in [1.29, 1.82) is 0 Å². The maximum absolute atomic E-state index is 6.26. The predicted octanol–water partition coefficient (Wildman–Crippen LogP) is 4.65. The molecule has 0 aromatic heterocycles. The van der Waals surface area contributed by atoms with Crippen LogP contribution in [0.4, 0.5) is 0 Å². The summed E-state index contributed by atoms with van der Waals surface area (Å²) in [5, 5.41) is 4.11. The second-order valence-electron chi connectivity index (χ2n) is 4.61. The van der Waals surface area contributed by atoms with Crippen molar-refractivity contribution in [3.05, 3.63) is 69.2 Å². The minimum Gasteiger partial charge on any atom is -0.319 e. The van der Waals surface area contributed by atoms with Crippen LogP contribution in [0.5, 0.6) is 0 Å². The standard InChI is InChI=1S/C16H17BrClN/c1-19-11-14(12-6-4-7-15(17)10-12)9-13-5-2-3-8-16(13)18/h2-8,10,14,19H,9,11H2,1H3. The Kier molecular flexibility index (Phi) is 5.44. The largest absolute Gasteiger partial charge is 0.319 e. The molecule has 2 aromatic rings. The van der Waals surface area contributed by atoms with Crippen LogP contribution in [0.25, 0.3) is 0 Å². The van der Waals surface area contributed by atoms with Crippen LogP contribution < -0.4 is 5.32 Å². The molecule has 1 nitrogen and oxygen atoms in total. The van der Waals surface area contributed by atoms with Crippen LogP contribution >= 0.6 is 27.5 Å². The Morgan fingerprint density at radius 1 is 1.16 bits per heavy atom. The highest BCUT2D eigenvalue weighted by atomic mass is 79.9. The van der Waals surface area contributed by atoms with Crippen LogP contribution in [0.1, 0.15) is 17.0 Å². The Hall–Kier alpha value is -0.830. The summed E-state index contributed by atoms with van der Waals surface area (Å²) in [7, 11) is 1.98. The first-order chi connectivity index (χ1) is 9.20. The third-order valence-corrected chi connectivity index (χ3v) is 4.06. The molecule has 0 radical (unpaired) electrons. The Morgan fingerprint density at radius 3 is 2.63 bits per heavy atom. The van der Waals surface area contributed by atoms with Gasteiger partial charge < -0.3 is 5.32 Å². The minimum absolute atomic E-state index is 0.419. The topological polar surface area (TPSA) is 12.0 Å². The van der Waals surface area contributed by atoms with Crippen LogP contribution in [0, 0.1) is 0 Å². The number of nitrogens with one attached hydrogen (secondary N) is 1. The fourth-order valence-corrected chi connectivity index (χ4v) is 2.87. The molecule has 0 fully saturated rings. The van der Waals surface area contributed by atoms with Gasteiger partial charge in [0.25, 0.3) is 0 Å². The number of hydrogen-bond acceptors (Lipinski definition) is 1. The molecule has 1 unspecified atom stereocenters. The second kappa shape index (κ2) is 7.09. The maximum atomic E-state index is 6.26.